The Hall–Kier alpha value is -0.920. The van der Waals surface area contributed by atoms with E-state index in [0.29, 0.717) is 25.2 Å². The van der Waals surface area contributed by atoms with Crippen LogP contribution in [0.25, 0.3) is 0 Å². The summed E-state index contributed by atoms with van der Waals surface area (Å²) in [6.07, 6.45) is 8.96. The van der Waals surface area contributed by atoms with E-state index in [1.807, 2.05) is 0 Å². The molecule has 0 aliphatic heterocycles. The quantitative estimate of drug-likeness (QED) is 0.560. The Bertz CT molecular complexity index is 241. The summed E-state index contributed by atoms with van der Waals surface area (Å²) in [5.74, 6) is 0.759. The van der Waals surface area contributed by atoms with E-state index < -0.39 is 0 Å². The highest BCUT2D eigenvalue weighted by molar-refractivity contribution is 5.84. The minimum Gasteiger partial charge on any atom is -0.300 e. The van der Waals surface area contributed by atoms with Crippen LogP contribution in [-0.4, -0.2) is 11.6 Å². The topological polar surface area (TPSA) is 34.1 Å². The number of hydrogen-bond acceptors (Lipinski definition) is 2. The van der Waals surface area contributed by atoms with Crippen molar-refractivity contribution < 1.29 is 9.59 Å². The van der Waals surface area contributed by atoms with Crippen molar-refractivity contribution in [3.8, 4) is 0 Å². The van der Waals surface area contributed by atoms with Gasteiger partial charge in [-0.1, -0.05) is 26.0 Å². The van der Waals surface area contributed by atoms with Crippen LogP contribution in [0.4, 0.5) is 0 Å². The fourth-order valence-electron chi connectivity index (χ4n) is 1.57. The highest BCUT2D eigenvalue weighted by Gasteiger charge is 2.09. The predicted octanol–water partition coefficient (Wildman–Crippen LogP) is 3.70. The lowest BCUT2D eigenvalue weighted by Crippen LogP contribution is -2.07. The Balaban J connectivity index is 3.61. The third-order valence-corrected chi connectivity index (χ3v) is 2.56. The summed E-state index contributed by atoms with van der Waals surface area (Å²) in [5.41, 5.74) is 0. The van der Waals surface area contributed by atoms with Gasteiger partial charge in [0.15, 0.2) is 0 Å². The molecule has 92 valence electrons. The molecule has 0 amide bonds. The zero-order valence-electron chi connectivity index (χ0n) is 10.8. The number of ketones is 2. The minimum atomic E-state index is 0.104. The molecule has 16 heavy (non-hydrogen) atoms. The van der Waals surface area contributed by atoms with Crippen LogP contribution in [-0.2, 0) is 9.59 Å². The number of allylic oxidation sites excluding steroid dienone is 2. The molecule has 1 unspecified atom stereocenters. The maximum absolute atomic E-state index is 11.5. The van der Waals surface area contributed by atoms with E-state index in [4.69, 9.17) is 0 Å². The van der Waals surface area contributed by atoms with Gasteiger partial charge in [0, 0.05) is 19.3 Å². The Kier molecular flexibility index (Phi) is 8.78. The molecule has 0 rings (SSSR count). The van der Waals surface area contributed by atoms with E-state index in [1.165, 1.54) is 6.92 Å². The molecule has 1 atom stereocenters. The number of Topliss-reactive ketones (excluding diaryl/α,β-unsaturated/α-hetero) is 2. The van der Waals surface area contributed by atoms with Gasteiger partial charge in [-0.3, -0.25) is 4.79 Å². The van der Waals surface area contributed by atoms with Crippen molar-refractivity contribution in [2.45, 2.75) is 59.3 Å². The van der Waals surface area contributed by atoms with Gasteiger partial charge in [-0.15, -0.1) is 0 Å². The molecule has 0 aromatic heterocycles. The highest BCUT2D eigenvalue weighted by Crippen LogP contribution is 2.13. The average molecular weight is 224 g/mol. The Morgan fingerprint density at radius 2 is 1.88 bits per heavy atom. The summed E-state index contributed by atoms with van der Waals surface area (Å²) < 4.78 is 0. The van der Waals surface area contributed by atoms with Gasteiger partial charge in [-0.2, -0.15) is 0 Å². The van der Waals surface area contributed by atoms with Gasteiger partial charge in [0.1, 0.15) is 11.6 Å². The molecule has 0 aromatic rings. The van der Waals surface area contributed by atoms with Crippen molar-refractivity contribution in [2.75, 3.05) is 0 Å². The molecule has 0 heterocycles. The molecule has 0 fully saturated rings. The van der Waals surface area contributed by atoms with Gasteiger partial charge in [0.25, 0.3) is 0 Å². The van der Waals surface area contributed by atoms with E-state index in [1.54, 1.807) is 0 Å². The lowest BCUT2D eigenvalue weighted by atomic mass is 9.97. The maximum atomic E-state index is 11.5. The second kappa shape index (κ2) is 9.32. The average Bonchev–Trinajstić information content (AvgIpc) is 2.21. The monoisotopic (exact) mass is 224 g/mol. The summed E-state index contributed by atoms with van der Waals surface area (Å²) >= 11 is 0. The van der Waals surface area contributed by atoms with Crippen molar-refractivity contribution in [1.29, 1.82) is 0 Å². The molecule has 0 N–H and O–H groups in total. The van der Waals surface area contributed by atoms with Crippen LogP contribution in [0.15, 0.2) is 12.2 Å². The molecule has 0 spiro atoms. The molecule has 0 bridgehead atoms. The van der Waals surface area contributed by atoms with Crippen LogP contribution in [0.1, 0.15) is 59.3 Å². The molecule has 0 radical (unpaired) electrons. The fraction of sp³-hybridized carbons (Fsp3) is 0.714. The first-order valence-corrected chi connectivity index (χ1v) is 6.22. The van der Waals surface area contributed by atoms with Gasteiger partial charge in [-0.05, 0) is 32.1 Å². The second-order valence-corrected chi connectivity index (χ2v) is 4.51. The molecule has 0 aliphatic carbocycles. The third-order valence-electron chi connectivity index (χ3n) is 2.56. The first kappa shape index (κ1) is 15.1. The largest absolute Gasteiger partial charge is 0.300 e. The van der Waals surface area contributed by atoms with Crippen LogP contribution >= 0.6 is 0 Å². The van der Waals surface area contributed by atoms with Crippen LogP contribution in [0.2, 0.25) is 0 Å². The Labute approximate surface area is 99.1 Å². The fourth-order valence-corrected chi connectivity index (χ4v) is 1.57. The third kappa shape index (κ3) is 9.63. The SMILES string of the molecule is CCC=CCCC(C)CC(=O)CCC(C)=O. The van der Waals surface area contributed by atoms with Crippen molar-refractivity contribution in [3.05, 3.63) is 12.2 Å². The van der Waals surface area contributed by atoms with E-state index in [0.717, 1.165) is 19.3 Å². The molecular weight excluding hydrogens is 200 g/mol. The van der Waals surface area contributed by atoms with E-state index in [9.17, 15) is 9.59 Å². The summed E-state index contributed by atoms with van der Waals surface area (Å²) in [5, 5.41) is 0. The highest BCUT2D eigenvalue weighted by atomic mass is 16.1. The smallest absolute Gasteiger partial charge is 0.133 e. The zero-order chi connectivity index (χ0) is 12.4. The number of hydrogen-bond donors (Lipinski definition) is 0. The molecular formula is C14H24O2. The first-order valence-electron chi connectivity index (χ1n) is 6.22. The van der Waals surface area contributed by atoms with Crippen LogP contribution in [0, 0.1) is 5.92 Å². The lowest BCUT2D eigenvalue weighted by Gasteiger charge is -2.08. The van der Waals surface area contributed by atoms with E-state index in [-0.39, 0.29) is 11.6 Å². The summed E-state index contributed by atoms with van der Waals surface area (Å²) in [6, 6.07) is 0. The van der Waals surface area contributed by atoms with Crippen molar-refractivity contribution in [1.82, 2.24) is 0 Å². The summed E-state index contributed by atoms with van der Waals surface area (Å²) in [4.78, 5) is 22.2. The van der Waals surface area contributed by atoms with Crippen LogP contribution in [0.3, 0.4) is 0 Å². The predicted molar refractivity (Wildman–Crippen MR) is 67.4 cm³/mol. The van der Waals surface area contributed by atoms with Crippen molar-refractivity contribution in [3.63, 3.8) is 0 Å². The molecule has 0 saturated heterocycles. The Morgan fingerprint density at radius 3 is 2.44 bits per heavy atom. The minimum absolute atomic E-state index is 0.104. The van der Waals surface area contributed by atoms with Gasteiger partial charge in [0.2, 0.25) is 0 Å². The summed E-state index contributed by atoms with van der Waals surface area (Å²) in [7, 11) is 0. The molecule has 2 nitrogen and oxygen atoms in total. The first-order chi connectivity index (χ1) is 7.56. The van der Waals surface area contributed by atoms with Gasteiger partial charge >= 0.3 is 0 Å². The molecule has 0 aromatic carbocycles. The molecule has 2 heteroatoms. The maximum Gasteiger partial charge on any atom is 0.133 e. The normalized spacial score (nSPS) is 12.9. The van der Waals surface area contributed by atoms with Gasteiger partial charge < -0.3 is 4.79 Å². The summed E-state index contributed by atoms with van der Waals surface area (Å²) in [6.45, 7) is 5.75. The number of carbonyl (C=O) groups is 2. The lowest BCUT2D eigenvalue weighted by molar-refractivity contribution is -0.123. The second-order valence-electron chi connectivity index (χ2n) is 4.51. The van der Waals surface area contributed by atoms with E-state index in [2.05, 4.69) is 26.0 Å². The van der Waals surface area contributed by atoms with Crippen LogP contribution in [0.5, 0.6) is 0 Å². The standard InChI is InChI=1S/C14H24O2/c1-4-5-6-7-8-12(2)11-14(16)10-9-13(3)15/h5-6,12H,4,7-11H2,1-3H3. The van der Waals surface area contributed by atoms with Gasteiger partial charge in [0.05, 0.1) is 0 Å². The molecule has 0 aliphatic rings. The van der Waals surface area contributed by atoms with Crippen molar-refractivity contribution in [2.24, 2.45) is 5.92 Å². The number of carbonyl (C=O) groups excluding carboxylic acids is 2. The van der Waals surface area contributed by atoms with E-state index >= 15 is 0 Å². The van der Waals surface area contributed by atoms with Gasteiger partial charge in [-0.25, -0.2) is 0 Å². The zero-order valence-corrected chi connectivity index (χ0v) is 10.8. The molecule has 0 saturated carbocycles. The number of rotatable bonds is 9. The Morgan fingerprint density at radius 1 is 1.19 bits per heavy atom. The van der Waals surface area contributed by atoms with Crippen LogP contribution < -0.4 is 0 Å². The van der Waals surface area contributed by atoms with Crippen molar-refractivity contribution >= 4 is 11.6 Å².